The number of rotatable bonds is 60. The van der Waals surface area contributed by atoms with E-state index in [-0.39, 0.29) is 18.5 Å². The van der Waals surface area contributed by atoms with Crippen LogP contribution in [0.4, 0.5) is 0 Å². The molecule has 0 aliphatic rings. The summed E-state index contributed by atoms with van der Waals surface area (Å²) in [6, 6.07) is -0.535. The summed E-state index contributed by atoms with van der Waals surface area (Å²) in [5.74, 6) is -0.00914. The Bertz CT molecular complexity index is 990. The second-order valence-corrected chi connectivity index (χ2v) is 22.1. The number of hydrogen-bond donors (Lipinski definition) is 3. The molecule has 0 aromatic heterocycles. The van der Waals surface area contributed by atoms with Gasteiger partial charge in [-0.25, -0.2) is 0 Å². The van der Waals surface area contributed by atoms with Crippen LogP contribution < -0.4 is 5.32 Å². The highest BCUT2D eigenvalue weighted by Gasteiger charge is 2.20. The summed E-state index contributed by atoms with van der Waals surface area (Å²) in [5.41, 5.74) is 0. The van der Waals surface area contributed by atoms with Crippen molar-refractivity contribution in [2.75, 3.05) is 13.2 Å². The molecular formula is C63H125NO5. The van der Waals surface area contributed by atoms with Gasteiger partial charge in [-0.3, -0.25) is 9.59 Å². The van der Waals surface area contributed by atoms with Gasteiger partial charge in [-0.1, -0.05) is 328 Å². The van der Waals surface area contributed by atoms with E-state index in [4.69, 9.17) is 4.74 Å². The molecule has 2 unspecified atom stereocenters. The van der Waals surface area contributed by atoms with Crippen molar-refractivity contribution in [3.8, 4) is 0 Å². The van der Waals surface area contributed by atoms with Crippen LogP contribution in [0.25, 0.3) is 0 Å². The number of amides is 1. The summed E-state index contributed by atoms with van der Waals surface area (Å²) < 4.78 is 5.48. The topological polar surface area (TPSA) is 95.9 Å². The summed E-state index contributed by atoms with van der Waals surface area (Å²) in [5, 5.41) is 23.2. The van der Waals surface area contributed by atoms with E-state index in [2.05, 4.69) is 19.2 Å². The SMILES string of the molecule is CCCCCCCCCCCCCCC(=O)OCCCCCCCCCCCCCCCCCCCCCCCCCCCCCCCCC(=O)NC(CO)C(O)CCCCCCCCCCCC. The molecule has 0 saturated heterocycles. The Kier molecular flexibility index (Phi) is 58.4. The molecule has 3 N–H and O–H groups in total. The van der Waals surface area contributed by atoms with E-state index in [9.17, 15) is 19.8 Å². The minimum absolute atomic E-state index is 0.0215. The van der Waals surface area contributed by atoms with Gasteiger partial charge in [0.25, 0.3) is 0 Å². The van der Waals surface area contributed by atoms with E-state index >= 15 is 0 Å². The summed E-state index contributed by atoms with van der Waals surface area (Å²) in [7, 11) is 0. The molecule has 6 nitrogen and oxygen atoms in total. The number of aliphatic hydroxyl groups excluding tert-OH is 2. The van der Waals surface area contributed by atoms with Crippen molar-refractivity contribution in [1.29, 1.82) is 0 Å². The van der Waals surface area contributed by atoms with Crippen LogP contribution in [0.1, 0.15) is 367 Å². The number of esters is 1. The van der Waals surface area contributed by atoms with Crippen molar-refractivity contribution in [2.45, 2.75) is 379 Å². The molecule has 6 heteroatoms. The minimum Gasteiger partial charge on any atom is -0.466 e. The molecule has 0 aliphatic heterocycles. The van der Waals surface area contributed by atoms with Gasteiger partial charge in [0, 0.05) is 12.8 Å². The lowest BCUT2D eigenvalue weighted by Gasteiger charge is -2.22. The lowest BCUT2D eigenvalue weighted by Crippen LogP contribution is -2.45. The molecule has 1 amide bonds. The van der Waals surface area contributed by atoms with E-state index < -0.39 is 12.1 Å². The summed E-state index contributed by atoms with van der Waals surface area (Å²) in [6.45, 7) is 4.97. The third-order valence-corrected chi connectivity index (χ3v) is 15.2. The fraction of sp³-hybridized carbons (Fsp3) is 0.968. The fourth-order valence-corrected chi connectivity index (χ4v) is 10.3. The van der Waals surface area contributed by atoms with Gasteiger partial charge in [0.1, 0.15) is 0 Å². The molecule has 412 valence electrons. The highest BCUT2D eigenvalue weighted by atomic mass is 16.5. The Morgan fingerprint density at radius 2 is 0.594 bits per heavy atom. The second-order valence-electron chi connectivity index (χ2n) is 22.1. The van der Waals surface area contributed by atoms with Gasteiger partial charge in [-0.2, -0.15) is 0 Å². The zero-order chi connectivity index (χ0) is 50.0. The van der Waals surface area contributed by atoms with Crippen LogP contribution >= 0.6 is 0 Å². The van der Waals surface area contributed by atoms with E-state index in [1.54, 1.807) is 0 Å². The number of carbonyl (C=O) groups excluding carboxylic acids is 2. The van der Waals surface area contributed by atoms with Crippen molar-refractivity contribution in [3.63, 3.8) is 0 Å². The van der Waals surface area contributed by atoms with Crippen LogP contribution in [0.15, 0.2) is 0 Å². The first-order valence-corrected chi connectivity index (χ1v) is 31.8. The standard InChI is InChI=1S/C63H125NO5/c1-3-5-7-9-11-13-15-37-41-45-49-53-57-63(68)69-58-54-50-46-42-38-35-33-31-29-27-25-23-21-19-17-16-18-20-22-24-26-28-30-32-34-36-40-44-48-52-56-62(67)64-60(59-65)61(66)55-51-47-43-39-14-12-10-8-6-4-2/h60-61,65-66H,3-59H2,1-2H3,(H,64,67). The van der Waals surface area contributed by atoms with Crippen LogP contribution in [0.5, 0.6) is 0 Å². The van der Waals surface area contributed by atoms with Gasteiger partial charge in [-0.05, 0) is 25.7 Å². The van der Waals surface area contributed by atoms with Crippen LogP contribution in [0.3, 0.4) is 0 Å². The van der Waals surface area contributed by atoms with Crippen molar-refractivity contribution in [1.82, 2.24) is 5.32 Å². The number of unbranched alkanes of at least 4 members (excludes halogenated alkanes) is 49. The van der Waals surface area contributed by atoms with Gasteiger partial charge >= 0.3 is 5.97 Å². The van der Waals surface area contributed by atoms with E-state index in [1.165, 1.54) is 295 Å². The first-order chi connectivity index (χ1) is 34.0. The smallest absolute Gasteiger partial charge is 0.305 e. The quantitative estimate of drug-likeness (QED) is 0.0417. The van der Waals surface area contributed by atoms with Gasteiger partial charge in [0.15, 0.2) is 0 Å². The maximum Gasteiger partial charge on any atom is 0.305 e. The summed E-state index contributed by atoms with van der Waals surface area (Å²) >= 11 is 0. The molecule has 0 aliphatic carbocycles. The number of carbonyl (C=O) groups is 2. The molecular weight excluding hydrogens is 851 g/mol. The molecule has 0 heterocycles. The Morgan fingerprint density at radius 3 is 0.884 bits per heavy atom. The Hall–Kier alpha value is -1.14. The number of ether oxygens (including phenoxy) is 1. The molecule has 0 spiro atoms. The Morgan fingerprint density at radius 1 is 0.348 bits per heavy atom. The Labute approximate surface area is 432 Å². The zero-order valence-corrected chi connectivity index (χ0v) is 47.1. The minimum atomic E-state index is -0.658. The maximum atomic E-state index is 12.4. The van der Waals surface area contributed by atoms with Crippen molar-refractivity contribution in [2.24, 2.45) is 0 Å². The number of hydrogen-bond acceptors (Lipinski definition) is 5. The maximum absolute atomic E-state index is 12.4. The molecule has 69 heavy (non-hydrogen) atoms. The molecule has 0 saturated carbocycles. The summed E-state index contributed by atoms with van der Waals surface area (Å²) in [6.07, 6.45) is 70.0. The molecule has 0 fully saturated rings. The molecule has 0 bridgehead atoms. The van der Waals surface area contributed by atoms with Crippen molar-refractivity contribution >= 4 is 11.9 Å². The van der Waals surface area contributed by atoms with Crippen LogP contribution in [0.2, 0.25) is 0 Å². The molecule has 0 radical (unpaired) electrons. The van der Waals surface area contributed by atoms with Gasteiger partial charge in [0.2, 0.25) is 5.91 Å². The lowest BCUT2D eigenvalue weighted by molar-refractivity contribution is -0.143. The van der Waals surface area contributed by atoms with Gasteiger partial charge < -0.3 is 20.3 Å². The number of nitrogens with one attached hydrogen (secondary N) is 1. The normalized spacial score (nSPS) is 12.5. The van der Waals surface area contributed by atoms with E-state index in [1.807, 2.05) is 0 Å². The Balaban J connectivity index is 3.29. The zero-order valence-electron chi connectivity index (χ0n) is 47.1. The summed E-state index contributed by atoms with van der Waals surface area (Å²) in [4.78, 5) is 24.4. The first-order valence-electron chi connectivity index (χ1n) is 31.8. The average Bonchev–Trinajstić information content (AvgIpc) is 3.35. The van der Waals surface area contributed by atoms with Crippen LogP contribution in [-0.4, -0.2) is 47.4 Å². The highest BCUT2D eigenvalue weighted by Crippen LogP contribution is 2.19. The molecule has 0 aromatic carbocycles. The molecule has 0 rings (SSSR count). The van der Waals surface area contributed by atoms with E-state index in [0.717, 1.165) is 38.5 Å². The largest absolute Gasteiger partial charge is 0.466 e. The number of aliphatic hydroxyl groups is 2. The predicted octanol–water partition coefficient (Wildman–Crippen LogP) is 19.9. The second kappa shape index (κ2) is 59.4. The molecule has 2 atom stereocenters. The highest BCUT2D eigenvalue weighted by molar-refractivity contribution is 5.76. The average molecular weight is 977 g/mol. The third kappa shape index (κ3) is 56.0. The van der Waals surface area contributed by atoms with Crippen molar-refractivity contribution in [3.05, 3.63) is 0 Å². The van der Waals surface area contributed by atoms with Gasteiger partial charge in [0.05, 0.1) is 25.4 Å². The monoisotopic (exact) mass is 976 g/mol. The van der Waals surface area contributed by atoms with Crippen molar-refractivity contribution < 1.29 is 24.5 Å². The fourth-order valence-electron chi connectivity index (χ4n) is 10.3. The van der Waals surface area contributed by atoms with Crippen LogP contribution in [0, 0.1) is 0 Å². The molecule has 0 aromatic rings. The van der Waals surface area contributed by atoms with E-state index in [0.29, 0.717) is 25.9 Å². The third-order valence-electron chi connectivity index (χ3n) is 15.2. The van der Waals surface area contributed by atoms with Gasteiger partial charge in [-0.15, -0.1) is 0 Å². The van der Waals surface area contributed by atoms with Crippen LogP contribution in [-0.2, 0) is 14.3 Å². The lowest BCUT2D eigenvalue weighted by atomic mass is 10.0. The predicted molar refractivity (Wildman–Crippen MR) is 301 cm³/mol. The first kappa shape index (κ1) is 67.9.